The van der Waals surface area contributed by atoms with Gasteiger partial charge in [0, 0.05) is 5.56 Å². The smallest absolute Gasteiger partial charge is 0.127 e. The standard InChI is InChI=1S/C7H10FNO/c1-6-7(3-2-4-8)5-10-9-6/h5H,2-4H2,1H3. The van der Waals surface area contributed by atoms with E-state index in [1.54, 1.807) is 6.26 Å². The molecule has 1 aromatic heterocycles. The molecule has 0 amide bonds. The highest BCUT2D eigenvalue weighted by molar-refractivity contribution is 5.12. The van der Waals surface area contributed by atoms with E-state index in [2.05, 4.69) is 9.68 Å². The van der Waals surface area contributed by atoms with E-state index in [9.17, 15) is 4.39 Å². The van der Waals surface area contributed by atoms with Crippen LogP contribution in [0.4, 0.5) is 4.39 Å². The van der Waals surface area contributed by atoms with Crippen molar-refractivity contribution < 1.29 is 8.91 Å². The Labute approximate surface area is 59.0 Å². The Morgan fingerprint density at radius 3 is 3.00 bits per heavy atom. The van der Waals surface area contributed by atoms with Gasteiger partial charge in [0.25, 0.3) is 0 Å². The Balaban J connectivity index is 2.49. The van der Waals surface area contributed by atoms with Gasteiger partial charge in [0.05, 0.1) is 12.4 Å². The van der Waals surface area contributed by atoms with E-state index >= 15 is 0 Å². The highest BCUT2D eigenvalue weighted by atomic mass is 19.1. The molecule has 0 aromatic carbocycles. The summed E-state index contributed by atoms with van der Waals surface area (Å²) in [6, 6.07) is 0. The number of alkyl halides is 1. The molecule has 0 N–H and O–H groups in total. The monoisotopic (exact) mass is 143 g/mol. The van der Waals surface area contributed by atoms with Crippen LogP contribution in [0.5, 0.6) is 0 Å². The minimum Gasteiger partial charge on any atom is -0.364 e. The Morgan fingerprint density at radius 2 is 2.50 bits per heavy atom. The second-order valence-electron chi connectivity index (χ2n) is 2.22. The maximum Gasteiger partial charge on any atom is 0.127 e. The molecule has 0 aliphatic carbocycles. The minimum atomic E-state index is -0.273. The summed E-state index contributed by atoms with van der Waals surface area (Å²) in [5.41, 5.74) is 1.88. The van der Waals surface area contributed by atoms with E-state index in [1.807, 2.05) is 6.92 Å². The zero-order valence-corrected chi connectivity index (χ0v) is 5.93. The van der Waals surface area contributed by atoms with Crippen molar-refractivity contribution in [1.82, 2.24) is 5.16 Å². The van der Waals surface area contributed by atoms with Crippen LogP contribution in [0.3, 0.4) is 0 Å². The lowest BCUT2D eigenvalue weighted by Gasteiger charge is -1.90. The first-order valence-electron chi connectivity index (χ1n) is 3.30. The molecule has 0 fully saturated rings. The molecule has 0 radical (unpaired) electrons. The summed E-state index contributed by atoms with van der Waals surface area (Å²) in [6.07, 6.45) is 2.86. The molecule has 3 heteroatoms. The number of aromatic nitrogens is 1. The molecule has 1 aromatic rings. The lowest BCUT2D eigenvalue weighted by molar-refractivity contribution is 0.414. The fraction of sp³-hybridized carbons (Fsp3) is 0.571. The van der Waals surface area contributed by atoms with Gasteiger partial charge in [-0.2, -0.15) is 0 Å². The second-order valence-corrected chi connectivity index (χ2v) is 2.22. The Hall–Kier alpha value is -0.860. The number of aryl methyl sites for hydroxylation is 2. The van der Waals surface area contributed by atoms with E-state index in [-0.39, 0.29) is 6.67 Å². The summed E-state index contributed by atoms with van der Waals surface area (Å²) in [6.45, 7) is 1.59. The minimum absolute atomic E-state index is 0.273. The van der Waals surface area contributed by atoms with E-state index in [0.29, 0.717) is 6.42 Å². The first-order valence-corrected chi connectivity index (χ1v) is 3.30. The van der Waals surface area contributed by atoms with E-state index in [0.717, 1.165) is 17.7 Å². The highest BCUT2D eigenvalue weighted by Crippen LogP contribution is 2.07. The molecule has 0 aliphatic heterocycles. The van der Waals surface area contributed by atoms with Gasteiger partial charge in [-0.3, -0.25) is 4.39 Å². The SMILES string of the molecule is Cc1nocc1CCCF. The fourth-order valence-corrected chi connectivity index (χ4v) is 0.810. The summed E-state index contributed by atoms with van der Waals surface area (Å²) in [5, 5.41) is 3.67. The van der Waals surface area contributed by atoms with Crippen molar-refractivity contribution in [2.75, 3.05) is 6.67 Å². The van der Waals surface area contributed by atoms with Gasteiger partial charge in [0.1, 0.15) is 6.26 Å². The van der Waals surface area contributed by atoms with Crippen LogP contribution in [0.2, 0.25) is 0 Å². The number of nitrogens with zero attached hydrogens (tertiary/aromatic N) is 1. The van der Waals surface area contributed by atoms with Crippen molar-refractivity contribution in [2.45, 2.75) is 19.8 Å². The first kappa shape index (κ1) is 7.25. The van der Waals surface area contributed by atoms with Crippen LogP contribution < -0.4 is 0 Å². The molecule has 1 heterocycles. The molecule has 2 nitrogen and oxygen atoms in total. The zero-order valence-electron chi connectivity index (χ0n) is 5.93. The summed E-state index contributed by atoms with van der Waals surface area (Å²) < 4.78 is 16.3. The van der Waals surface area contributed by atoms with Crippen molar-refractivity contribution in [2.24, 2.45) is 0 Å². The number of rotatable bonds is 3. The van der Waals surface area contributed by atoms with Crippen molar-refractivity contribution in [3.8, 4) is 0 Å². The van der Waals surface area contributed by atoms with Crippen molar-refractivity contribution in [3.05, 3.63) is 17.5 Å². The molecule has 0 unspecified atom stereocenters. The topological polar surface area (TPSA) is 26.0 Å². The Kier molecular flexibility index (Phi) is 2.42. The fourth-order valence-electron chi connectivity index (χ4n) is 0.810. The van der Waals surface area contributed by atoms with Crippen molar-refractivity contribution in [1.29, 1.82) is 0 Å². The summed E-state index contributed by atoms with van der Waals surface area (Å²) in [7, 11) is 0. The lowest BCUT2D eigenvalue weighted by atomic mass is 10.1. The van der Waals surface area contributed by atoms with Gasteiger partial charge in [-0.05, 0) is 19.8 Å². The molecule has 0 aliphatic rings. The molecule has 0 atom stereocenters. The van der Waals surface area contributed by atoms with Crippen LogP contribution in [0.15, 0.2) is 10.8 Å². The van der Waals surface area contributed by atoms with Gasteiger partial charge in [-0.25, -0.2) is 0 Å². The molecule has 1 rings (SSSR count). The Bertz CT molecular complexity index is 197. The van der Waals surface area contributed by atoms with Gasteiger partial charge >= 0.3 is 0 Å². The molecule has 0 spiro atoms. The van der Waals surface area contributed by atoms with Gasteiger partial charge < -0.3 is 4.52 Å². The maximum absolute atomic E-state index is 11.7. The van der Waals surface area contributed by atoms with Crippen LogP contribution in [-0.2, 0) is 6.42 Å². The van der Waals surface area contributed by atoms with E-state index in [1.165, 1.54) is 0 Å². The second kappa shape index (κ2) is 3.34. The third kappa shape index (κ3) is 1.56. The van der Waals surface area contributed by atoms with Gasteiger partial charge in [0.15, 0.2) is 0 Å². The molecule has 0 bridgehead atoms. The van der Waals surface area contributed by atoms with Crippen LogP contribution in [-0.4, -0.2) is 11.8 Å². The van der Waals surface area contributed by atoms with Gasteiger partial charge in [-0.15, -0.1) is 0 Å². The van der Waals surface area contributed by atoms with Gasteiger partial charge in [-0.1, -0.05) is 5.16 Å². The maximum atomic E-state index is 11.7. The average Bonchev–Trinajstić information content (AvgIpc) is 2.31. The molecule has 0 saturated heterocycles. The number of halogens is 1. The summed E-state index contributed by atoms with van der Waals surface area (Å²) in [4.78, 5) is 0. The predicted molar refractivity (Wildman–Crippen MR) is 35.5 cm³/mol. The lowest BCUT2D eigenvalue weighted by Crippen LogP contribution is -1.86. The predicted octanol–water partition coefficient (Wildman–Crippen LogP) is 1.89. The molecule has 0 saturated carbocycles. The van der Waals surface area contributed by atoms with Crippen molar-refractivity contribution in [3.63, 3.8) is 0 Å². The van der Waals surface area contributed by atoms with Crippen LogP contribution in [0, 0.1) is 6.92 Å². The Morgan fingerprint density at radius 1 is 1.70 bits per heavy atom. The molecular weight excluding hydrogens is 133 g/mol. The largest absolute Gasteiger partial charge is 0.364 e. The van der Waals surface area contributed by atoms with Crippen molar-refractivity contribution >= 4 is 0 Å². The third-order valence-corrected chi connectivity index (χ3v) is 1.43. The number of hydrogen-bond acceptors (Lipinski definition) is 2. The average molecular weight is 143 g/mol. The molecular formula is C7H10FNO. The molecule has 56 valence electrons. The highest BCUT2D eigenvalue weighted by Gasteiger charge is 2.00. The normalized spacial score (nSPS) is 10.2. The van der Waals surface area contributed by atoms with E-state index in [4.69, 9.17) is 0 Å². The third-order valence-electron chi connectivity index (χ3n) is 1.43. The van der Waals surface area contributed by atoms with Crippen LogP contribution in [0.1, 0.15) is 17.7 Å². The zero-order chi connectivity index (χ0) is 7.40. The van der Waals surface area contributed by atoms with Crippen LogP contribution in [0.25, 0.3) is 0 Å². The summed E-state index contributed by atoms with van der Waals surface area (Å²) >= 11 is 0. The number of hydrogen-bond donors (Lipinski definition) is 0. The van der Waals surface area contributed by atoms with Crippen LogP contribution >= 0.6 is 0 Å². The molecule has 10 heavy (non-hydrogen) atoms. The van der Waals surface area contributed by atoms with E-state index < -0.39 is 0 Å². The summed E-state index contributed by atoms with van der Waals surface area (Å²) in [5.74, 6) is 0. The van der Waals surface area contributed by atoms with Gasteiger partial charge in [0.2, 0.25) is 0 Å². The quantitative estimate of drug-likeness (QED) is 0.645. The first-order chi connectivity index (χ1) is 4.84.